The molecule has 19 heavy (non-hydrogen) atoms. The third kappa shape index (κ3) is 1.67. The van der Waals surface area contributed by atoms with Crippen LogP contribution in [0.1, 0.15) is 16.1 Å². The first-order valence-corrected chi connectivity index (χ1v) is 6.38. The van der Waals surface area contributed by atoms with Gasteiger partial charge >= 0.3 is 6.18 Å². The number of aryl methyl sites for hydroxylation is 1. The molecule has 3 rings (SSSR count). The van der Waals surface area contributed by atoms with E-state index in [2.05, 4.69) is 0 Å². The van der Waals surface area contributed by atoms with Crippen molar-refractivity contribution in [1.82, 2.24) is 4.40 Å². The van der Waals surface area contributed by atoms with Crippen molar-refractivity contribution in [3.63, 3.8) is 0 Å². The van der Waals surface area contributed by atoms with E-state index in [0.29, 0.717) is 15.7 Å². The van der Waals surface area contributed by atoms with Gasteiger partial charge in [-0.15, -0.1) is 11.3 Å². The maximum absolute atomic E-state index is 12.7. The molecule has 3 aromatic rings. The highest BCUT2D eigenvalue weighted by molar-refractivity contribution is 7.16. The average molecular weight is 283 g/mol. The Bertz CT molecular complexity index is 797. The molecule has 0 bridgehead atoms. The predicted molar refractivity (Wildman–Crippen MR) is 67.9 cm³/mol. The standard InChI is InChI=1S/C13H8F3NOS/c1-7-6-19-12-10(11(18)13(14,15)16)8-4-2-3-5-9(8)17(7)12/h2-6H,1H3. The van der Waals surface area contributed by atoms with Crippen molar-refractivity contribution in [2.45, 2.75) is 13.1 Å². The Balaban J connectivity index is 2.48. The molecule has 0 spiro atoms. The summed E-state index contributed by atoms with van der Waals surface area (Å²) in [6.07, 6.45) is -4.86. The lowest BCUT2D eigenvalue weighted by atomic mass is 10.1. The van der Waals surface area contributed by atoms with E-state index in [-0.39, 0.29) is 5.56 Å². The smallest absolute Gasteiger partial charge is 0.304 e. The number of nitrogens with zero attached hydrogens (tertiary/aromatic N) is 1. The van der Waals surface area contributed by atoms with Crippen LogP contribution in [0.25, 0.3) is 15.7 Å². The maximum Gasteiger partial charge on any atom is 0.455 e. The average Bonchev–Trinajstić information content (AvgIpc) is 2.86. The minimum atomic E-state index is -4.86. The van der Waals surface area contributed by atoms with Crippen molar-refractivity contribution in [1.29, 1.82) is 0 Å². The van der Waals surface area contributed by atoms with Crippen molar-refractivity contribution < 1.29 is 18.0 Å². The summed E-state index contributed by atoms with van der Waals surface area (Å²) in [5, 5.41) is 2.09. The van der Waals surface area contributed by atoms with Gasteiger partial charge in [-0.1, -0.05) is 18.2 Å². The molecule has 0 unspecified atom stereocenters. The summed E-state index contributed by atoms with van der Waals surface area (Å²) in [4.78, 5) is 12.0. The first kappa shape index (κ1) is 12.2. The molecule has 0 aliphatic carbocycles. The van der Waals surface area contributed by atoms with Crippen LogP contribution in [-0.2, 0) is 0 Å². The van der Waals surface area contributed by atoms with E-state index >= 15 is 0 Å². The van der Waals surface area contributed by atoms with Gasteiger partial charge in [-0.3, -0.25) is 4.79 Å². The topological polar surface area (TPSA) is 21.5 Å². The number of carbonyl (C=O) groups is 1. The number of aromatic nitrogens is 1. The molecule has 0 aliphatic rings. The van der Waals surface area contributed by atoms with Gasteiger partial charge in [-0.25, -0.2) is 0 Å². The highest BCUT2D eigenvalue weighted by Gasteiger charge is 2.42. The molecule has 0 N–H and O–H groups in total. The number of halogens is 3. The molecular formula is C13H8F3NOS. The van der Waals surface area contributed by atoms with Crippen molar-refractivity contribution in [3.8, 4) is 0 Å². The number of hydrogen-bond acceptors (Lipinski definition) is 2. The Labute approximate surface area is 110 Å². The molecule has 1 aromatic carbocycles. The van der Waals surface area contributed by atoms with E-state index in [1.807, 2.05) is 0 Å². The van der Waals surface area contributed by atoms with Gasteiger partial charge in [0.15, 0.2) is 0 Å². The third-order valence-electron chi connectivity index (χ3n) is 3.01. The Hall–Kier alpha value is -1.82. The molecule has 0 amide bonds. The number of Topliss-reactive ketones (excluding diaryl/α,β-unsaturated/α-hetero) is 1. The summed E-state index contributed by atoms with van der Waals surface area (Å²) in [5.41, 5.74) is 1.20. The third-order valence-corrected chi connectivity index (χ3v) is 4.08. The molecule has 6 heteroatoms. The van der Waals surface area contributed by atoms with Crippen molar-refractivity contribution in [2.24, 2.45) is 0 Å². The van der Waals surface area contributed by atoms with Crippen LogP contribution < -0.4 is 0 Å². The Morgan fingerprint density at radius 2 is 1.95 bits per heavy atom. The second kappa shape index (κ2) is 3.84. The van der Waals surface area contributed by atoms with Gasteiger partial charge < -0.3 is 4.40 Å². The van der Waals surface area contributed by atoms with E-state index in [1.54, 1.807) is 41.0 Å². The maximum atomic E-state index is 12.7. The highest BCUT2D eigenvalue weighted by atomic mass is 32.1. The lowest BCUT2D eigenvalue weighted by Gasteiger charge is -2.03. The number of para-hydroxylation sites is 1. The molecule has 0 fully saturated rings. The van der Waals surface area contributed by atoms with Crippen LogP contribution >= 0.6 is 11.3 Å². The molecule has 2 nitrogen and oxygen atoms in total. The number of carbonyl (C=O) groups excluding carboxylic acids is 1. The second-order valence-electron chi connectivity index (χ2n) is 4.24. The summed E-state index contributed by atoms with van der Waals surface area (Å²) in [5.74, 6) is -1.78. The Morgan fingerprint density at radius 3 is 2.63 bits per heavy atom. The molecule has 0 radical (unpaired) electrons. The summed E-state index contributed by atoms with van der Waals surface area (Å²) in [7, 11) is 0. The van der Waals surface area contributed by atoms with E-state index in [1.165, 1.54) is 0 Å². The molecule has 0 saturated carbocycles. The molecule has 0 aliphatic heterocycles. The van der Waals surface area contributed by atoms with Gasteiger partial charge in [0.05, 0.1) is 11.1 Å². The largest absolute Gasteiger partial charge is 0.455 e. The van der Waals surface area contributed by atoms with E-state index < -0.39 is 12.0 Å². The quantitative estimate of drug-likeness (QED) is 0.613. The fourth-order valence-electron chi connectivity index (χ4n) is 2.23. The molecular weight excluding hydrogens is 275 g/mol. The minimum absolute atomic E-state index is 0.249. The fraction of sp³-hybridized carbons (Fsp3) is 0.154. The zero-order chi connectivity index (χ0) is 13.8. The van der Waals surface area contributed by atoms with Crippen molar-refractivity contribution in [3.05, 3.63) is 40.9 Å². The van der Waals surface area contributed by atoms with Crippen LogP contribution in [0.5, 0.6) is 0 Å². The first-order chi connectivity index (χ1) is 8.91. The van der Waals surface area contributed by atoms with E-state index in [4.69, 9.17) is 0 Å². The number of thiazole rings is 1. The minimum Gasteiger partial charge on any atom is -0.304 e. The van der Waals surface area contributed by atoms with Crippen LogP contribution in [0, 0.1) is 6.92 Å². The van der Waals surface area contributed by atoms with E-state index in [9.17, 15) is 18.0 Å². The number of alkyl halides is 3. The lowest BCUT2D eigenvalue weighted by molar-refractivity contribution is -0.0883. The molecule has 98 valence electrons. The normalized spacial score (nSPS) is 12.4. The Kier molecular flexibility index (Phi) is 2.47. The van der Waals surface area contributed by atoms with Gasteiger partial charge in [0.25, 0.3) is 5.78 Å². The molecule has 2 aromatic heterocycles. The van der Waals surface area contributed by atoms with Gasteiger partial charge in [-0.2, -0.15) is 13.2 Å². The predicted octanol–water partition coefficient (Wildman–Crippen LogP) is 4.21. The SMILES string of the molecule is Cc1csc2c(C(=O)C(F)(F)F)c3ccccc3n12. The van der Waals surface area contributed by atoms with Gasteiger partial charge in [0.2, 0.25) is 0 Å². The summed E-state index contributed by atoms with van der Waals surface area (Å²) in [6, 6.07) is 6.64. The van der Waals surface area contributed by atoms with Crippen LogP contribution in [0.2, 0.25) is 0 Å². The summed E-state index contributed by atoms with van der Waals surface area (Å²) >= 11 is 1.15. The zero-order valence-electron chi connectivity index (χ0n) is 9.78. The van der Waals surface area contributed by atoms with Gasteiger partial charge in [0, 0.05) is 16.5 Å². The number of benzene rings is 1. The van der Waals surface area contributed by atoms with Crippen molar-refractivity contribution >= 4 is 32.9 Å². The number of rotatable bonds is 1. The number of hydrogen-bond donors (Lipinski definition) is 0. The van der Waals surface area contributed by atoms with Crippen molar-refractivity contribution in [2.75, 3.05) is 0 Å². The van der Waals surface area contributed by atoms with E-state index in [0.717, 1.165) is 17.0 Å². The second-order valence-corrected chi connectivity index (χ2v) is 5.09. The molecule has 2 heterocycles. The summed E-state index contributed by atoms with van der Waals surface area (Å²) in [6.45, 7) is 1.80. The zero-order valence-corrected chi connectivity index (χ0v) is 10.6. The number of fused-ring (bicyclic) bond motifs is 3. The Morgan fingerprint density at radius 1 is 1.26 bits per heavy atom. The molecule has 0 saturated heterocycles. The monoisotopic (exact) mass is 283 g/mol. The van der Waals surface area contributed by atoms with Gasteiger partial charge in [0.1, 0.15) is 4.83 Å². The van der Waals surface area contributed by atoms with Crippen LogP contribution in [-0.4, -0.2) is 16.4 Å². The lowest BCUT2D eigenvalue weighted by Crippen LogP contribution is -2.22. The fourth-order valence-corrected chi connectivity index (χ4v) is 3.29. The molecule has 0 atom stereocenters. The number of ketones is 1. The highest BCUT2D eigenvalue weighted by Crippen LogP contribution is 2.35. The summed E-state index contributed by atoms with van der Waals surface area (Å²) < 4.78 is 39.9. The van der Waals surface area contributed by atoms with Crippen LogP contribution in [0.4, 0.5) is 13.2 Å². The van der Waals surface area contributed by atoms with Crippen LogP contribution in [0.3, 0.4) is 0 Å². The van der Waals surface area contributed by atoms with Crippen LogP contribution in [0.15, 0.2) is 29.6 Å². The van der Waals surface area contributed by atoms with Gasteiger partial charge in [-0.05, 0) is 13.0 Å². The first-order valence-electron chi connectivity index (χ1n) is 5.50.